The molecule has 0 aromatic heterocycles. The smallest absolute Gasteiger partial charge is 0.326 e. The highest BCUT2D eigenvalue weighted by atomic mass is 79.9. The number of rotatable bonds is 7. The van der Waals surface area contributed by atoms with E-state index in [1.807, 2.05) is 31.2 Å². The molecule has 0 saturated carbocycles. The first-order valence-electron chi connectivity index (χ1n) is 6.93. The fourth-order valence-corrected chi connectivity index (χ4v) is 2.35. The number of hydrogen-bond donors (Lipinski definition) is 2. The molecule has 0 spiro atoms. The molecular weight excluding hydrogens is 336 g/mol. The van der Waals surface area contributed by atoms with Gasteiger partial charge in [0.25, 0.3) is 0 Å². The van der Waals surface area contributed by atoms with Gasteiger partial charge in [-0.15, -0.1) is 0 Å². The summed E-state index contributed by atoms with van der Waals surface area (Å²) in [6, 6.07) is 6.44. The van der Waals surface area contributed by atoms with Crippen LogP contribution in [0.25, 0.3) is 0 Å². The number of carboxylic acid groups (broad SMARTS) is 1. The van der Waals surface area contributed by atoms with Crippen molar-refractivity contribution >= 4 is 27.9 Å². The monoisotopic (exact) mass is 356 g/mol. The van der Waals surface area contributed by atoms with E-state index in [0.717, 1.165) is 22.9 Å². The summed E-state index contributed by atoms with van der Waals surface area (Å²) in [6.45, 7) is 2.41. The second-order valence-electron chi connectivity index (χ2n) is 4.97. The second kappa shape index (κ2) is 8.67. The normalized spacial score (nSPS) is 11.8. The number of halogens is 1. The van der Waals surface area contributed by atoms with Gasteiger partial charge in [0.15, 0.2) is 0 Å². The third-order valence-electron chi connectivity index (χ3n) is 3.10. The molecule has 116 valence electrons. The number of carboxylic acids is 1. The fourth-order valence-electron chi connectivity index (χ4n) is 1.91. The molecule has 0 fully saturated rings. The number of amides is 2. The average molecular weight is 357 g/mol. The van der Waals surface area contributed by atoms with Crippen LogP contribution >= 0.6 is 15.9 Å². The maximum Gasteiger partial charge on any atom is 0.326 e. The van der Waals surface area contributed by atoms with Crippen molar-refractivity contribution in [1.82, 2.24) is 10.2 Å². The number of nitrogens with zero attached hydrogens (tertiary/aromatic N) is 1. The molecule has 0 saturated heterocycles. The predicted molar refractivity (Wildman–Crippen MR) is 85.1 cm³/mol. The number of benzene rings is 1. The summed E-state index contributed by atoms with van der Waals surface area (Å²) in [5, 5.41) is 11.7. The van der Waals surface area contributed by atoms with Crippen molar-refractivity contribution in [2.24, 2.45) is 0 Å². The number of unbranched alkanes of at least 4 members (excludes halogenated alkanes) is 1. The number of aliphatic carboxylic acids is 1. The Kier molecular flexibility index (Phi) is 7.22. The Morgan fingerprint density at radius 2 is 2.14 bits per heavy atom. The molecule has 21 heavy (non-hydrogen) atoms. The van der Waals surface area contributed by atoms with Crippen molar-refractivity contribution in [2.45, 2.75) is 38.8 Å². The van der Waals surface area contributed by atoms with Crippen LogP contribution in [0.15, 0.2) is 28.7 Å². The highest BCUT2D eigenvalue weighted by Crippen LogP contribution is 2.13. The van der Waals surface area contributed by atoms with Gasteiger partial charge in [-0.2, -0.15) is 0 Å². The lowest BCUT2D eigenvalue weighted by Crippen LogP contribution is -2.46. The van der Waals surface area contributed by atoms with Crippen molar-refractivity contribution in [2.75, 3.05) is 7.05 Å². The number of nitrogens with one attached hydrogen (secondary N) is 1. The van der Waals surface area contributed by atoms with E-state index >= 15 is 0 Å². The minimum atomic E-state index is -0.993. The van der Waals surface area contributed by atoms with Crippen molar-refractivity contribution in [1.29, 1.82) is 0 Å². The molecule has 0 heterocycles. The molecule has 5 nitrogen and oxygen atoms in total. The highest BCUT2D eigenvalue weighted by molar-refractivity contribution is 9.10. The average Bonchev–Trinajstić information content (AvgIpc) is 2.42. The van der Waals surface area contributed by atoms with Gasteiger partial charge in [0.1, 0.15) is 6.04 Å². The van der Waals surface area contributed by atoms with Crippen LogP contribution in [0.2, 0.25) is 0 Å². The van der Waals surface area contributed by atoms with E-state index in [4.69, 9.17) is 5.11 Å². The quantitative estimate of drug-likeness (QED) is 0.787. The molecule has 0 bridgehead atoms. The zero-order valence-electron chi connectivity index (χ0n) is 12.3. The SMILES string of the molecule is CCCC[C@H](NC(=O)N(C)Cc1cccc(Br)c1)C(=O)O. The first-order chi connectivity index (χ1) is 9.93. The van der Waals surface area contributed by atoms with Crippen LogP contribution in [-0.2, 0) is 11.3 Å². The lowest BCUT2D eigenvalue weighted by atomic mass is 10.1. The van der Waals surface area contributed by atoms with Gasteiger partial charge in [-0.05, 0) is 24.1 Å². The Bertz CT molecular complexity index is 494. The van der Waals surface area contributed by atoms with Crippen LogP contribution in [-0.4, -0.2) is 35.1 Å². The maximum atomic E-state index is 12.1. The van der Waals surface area contributed by atoms with E-state index in [1.54, 1.807) is 7.05 Å². The second-order valence-corrected chi connectivity index (χ2v) is 5.88. The summed E-state index contributed by atoms with van der Waals surface area (Å²) in [7, 11) is 1.65. The summed E-state index contributed by atoms with van der Waals surface area (Å²) < 4.78 is 0.945. The summed E-state index contributed by atoms with van der Waals surface area (Å²) in [5.41, 5.74) is 0.974. The molecule has 1 aromatic rings. The zero-order chi connectivity index (χ0) is 15.8. The zero-order valence-corrected chi connectivity index (χ0v) is 13.9. The summed E-state index contributed by atoms with van der Waals surface area (Å²) in [5.74, 6) is -0.993. The van der Waals surface area contributed by atoms with Gasteiger partial charge >= 0.3 is 12.0 Å². The van der Waals surface area contributed by atoms with Gasteiger partial charge in [-0.25, -0.2) is 9.59 Å². The Morgan fingerprint density at radius 3 is 2.71 bits per heavy atom. The third kappa shape index (κ3) is 6.16. The van der Waals surface area contributed by atoms with E-state index in [0.29, 0.717) is 13.0 Å². The van der Waals surface area contributed by atoms with Crippen LogP contribution in [0.1, 0.15) is 31.7 Å². The topological polar surface area (TPSA) is 69.6 Å². The lowest BCUT2D eigenvalue weighted by molar-refractivity contribution is -0.139. The molecule has 2 amide bonds. The largest absolute Gasteiger partial charge is 0.480 e. The van der Waals surface area contributed by atoms with Crippen molar-refractivity contribution < 1.29 is 14.7 Å². The molecule has 0 aliphatic rings. The number of carbonyl (C=O) groups is 2. The van der Waals surface area contributed by atoms with E-state index in [-0.39, 0.29) is 6.03 Å². The Morgan fingerprint density at radius 1 is 1.43 bits per heavy atom. The van der Waals surface area contributed by atoms with E-state index in [9.17, 15) is 9.59 Å². The van der Waals surface area contributed by atoms with Gasteiger partial charge in [0, 0.05) is 18.1 Å². The van der Waals surface area contributed by atoms with Gasteiger partial charge in [-0.3, -0.25) is 0 Å². The van der Waals surface area contributed by atoms with Crippen LogP contribution in [0.5, 0.6) is 0 Å². The standard InChI is InChI=1S/C15H21BrN2O3/c1-3-4-8-13(14(19)20)17-15(21)18(2)10-11-6-5-7-12(16)9-11/h5-7,9,13H,3-4,8,10H2,1-2H3,(H,17,21)(H,19,20)/t13-/m0/s1. The molecule has 0 radical (unpaired) electrons. The van der Waals surface area contributed by atoms with E-state index in [1.165, 1.54) is 4.90 Å². The van der Waals surface area contributed by atoms with Crippen LogP contribution in [0.4, 0.5) is 4.79 Å². The summed E-state index contributed by atoms with van der Waals surface area (Å²) in [6.07, 6.45) is 2.11. The van der Waals surface area contributed by atoms with Crippen LogP contribution in [0.3, 0.4) is 0 Å². The first-order valence-corrected chi connectivity index (χ1v) is 7.72. The van der Waals surface area contributed by atoms with Gasteiger partial charge in [-0.1, -0.05) is 47.8 Å². The van der Waals surface area contributed by atoms with Crippen molar-refractivity contribution in [3.05, 3.63) is 34.3 Å². The van der Waals surface area contributed by atoms with Crippen molar-refractivity contribution in [3.63, 3.8) is 0 Å². The number of carbonyl (C=O) groups excluding carboxylic acids is 1. The van der Waals surface area contributed by atoms with Crippen LogP contribution < -0.4 is 5.32 Å². The lowest BCUT2D eigenvalue weighted by Gasteiger charge is -2.21. The molecule has 0 aliphatic heterocycles. The molecule has 0 unspecified atom stereocenters. The number of urea groups is 1. The molecule has 1 rings (SSSR count). The highest BCUT2D eigenvalue weighted by Gasteiger charge is 2.21. The minimum Gasteiger partial charge on any atom is -0.480 e. The Balaban J connectivity index is 2.58. The van der Waals surface area contributed by atoms with E-state index in [2.05, 4.69) is 21.2 Å². The fraction of sp³-hybridized carbons (Fsp3) is 0.467. The van der Waals surface area contributed by atoms with Crippen molar-refractivity contribution in [3.8, 4) is 0 Å². The van der Waals surface area contributed by atoms with Crippen LogP contribution in [0, 0.1) is 0 Å². The molecule has 0 aliphatic carbocycles. The number of hydrogen-bond acceptors (Lipinski definition) is 2. The first kappa shape index (κ1) is 17.5. The van der Waals surface area contributed by atoms with Gasteiger partial charge in [0.2, 0.25) is 0 Å². The molecule has 1 aromatic carbocycles. The van der Waals surface area contributed by atoms with E-state index < -0.39 is 12.0 Å². The molecular formula is C15H21BrN2O3. The van der Waals surface area contributed by atoms with Gasteiger partial charge < -0.3 is 15.3 Å². The third-order valence-corrected chi connectivity index (χ3v) is 3.59. The molecule has 2 N–H and O–H groups in total. The Labute approximate surface area is 133 Å². The summed E-state index contributed by atoms with van der Waals surface area (Å²) in [4.78, 5) is 24.7. The minimum absolute atomic E-state index is 0.376. The predicted octanol–water partition coefficient (Wildman–Crippen LogP) is 3.23. The maximum absolute atomic E-state index is 12.1. The summed E-state index contributed by atoms with van der Waals surface area (Å²) >= 11 is 3.38. The Hall–Kier alpha value is -1.56. The molecule has 6 heteroatoms. The molecule has 1 atom stereocenters. The van der Waals surface area contributed by atoms with Gasteiger partial charge in [0.05, 0.1) is 0 Å².